The van der Waals surface area contributed by atoms with Crippen LogP contribution in [-0.2, 0) is 6.18 Å². The van der Waals surface area contributed by atoms with Gasteiger partial charge in [-0.15, -0.1) is 11.3 Å². The topological polar surface area (TPSA) is 98.1 Å². The molecule has 32 heavy (non-hydrogen) atoms. The number of nitrogen functional groups attached to an aromatic ring is 1. The second kappa shape index (κ2) is 7.97. The van der Waals surface area contributed by atoms with E-state index in [0.717, 1.165) is 33.0 Å². The highest BCUT2D eigenvalue weighted by molar-refractivity contribution is 7.20. The summed E-state index contributed by atoms with van der Waals surface area (Å²) in [7, 11) is 0. The SMILES string of the molecule is C=Cc1sc2ncnc(N)c2c1-c1ccc(N(C(N)=O)c2cccc(C(F)(F)F)c2)cc1. The van der Waals surface area contributed by atoms with E-state index in [1.54, 1.807) is 30.3 Å². The molecule has 0 saturated heterocycles. The number of hydrogen-bond acceptors (Lipinski definition) is 5. The number of nitrogens with zero attached hydrogens (tertiary/aromatic N) is 3. The number of thiophene rings is 1. The molecule has 0 aliphatic rings. The highest BCUT2D eigenvalue weighted by atomic mass is 32.1. The van der Waals surface area contributed by atoms with Crippen LogP contribution in [-0.4, -0.2) is 16.0 Å². The van der Waals surface area contributed by atoms with Gasteiger partial charge in [0.25, 0.3) is 0 Å². The Hall–Kier alpha value is -3.92. The number of carbonyl (C=O) groups excluding carboxylic acids is 1. The third kappa shape index (κ3) is 3.76. The third-order valence-electron chi connectivity index (χ3n) is 4.80. The second-order valence-corrected chi connectivity index (χ2v) is 7.78. The van der Waals surface area contributed by atoms with Crippen LogP contribution in [0.1, 0.15) is 10.4 Å². The lowest BCUT2D eigenvalue weighted by molar-refractivity contribution is -0.137. The van der Waals surface area contributed by atoms with Crippen molar-refractivity contribution < 1.29 is 18.0 Å². The molecule has 2 heterocycles. The quantitative estimate of drug-likeness (QED) is 0.405. The molecule has 0 unspecified atom stereocenters. The van der Waals surface area contributed by atoms with Crippen LogP contribution >= 0.6 is 11.3 Å². The molecule has 0 fully saturated rings. The van der Waals surface area contributed by atoms with E-state index in [4.69, 9.17) is 11.5 Å². The van der Waals surface area contributed by atoms with Crippen LogP contribution in [0, 0.1) is 0 Å². The van der Waals surface area contributed by atoms with E-state index < -0.39 is 17.8 Å². The number of anilines is 3. The Balaban J connectivity index is 1.79. The summed E-state index contributed by atoms with van der Waals surface area (Å²) in [5.74, 6) is 0.321. The molecule has 0 radical (unpaired) electrons. The van der Waals surface area contributed by atoms with E-state index in [1.165, 1.54) is 29.8 Å². The zero-order valence-corrected chi connectivity index (χ0v) is 17.2. The predicted molar refractivity (Wildman–Crippen MR) is 121 cm³/mol. The zero-order chi connectivity index (χ0) is 23.0. The highest BCUT2D eigenvalue weighted by Gasteiger charge is 2.31. The predicted octanol–water partition coefficient (Wildman–Crippen LogP) is 5.82. The van der Waals surface area contributed by atoms with Gasteiger partial charge >= 0.3 is 12.2 Å². The molecule has 0 saturated carbocycles. The number of hydrogen-bond donors (Lipinski definition) is 2. The van der Waals surface area contributed by atoms with Crippen molar-refractivity contribution in [3.63, 3.8) is 0 Å². The van der Waals surface area contributed by atoms with Crippen molar-refractivity contribution in [1.29, 1.82) is 0 Å². The summed E-state index contributed by atoms with van der Waals surface area (Å²) in [5, 5.41) is 0.685. The Bertz CT molecular complexity index is 1330. The van der Waals surface area contributed by atoms with Gasteiger partial charge in [0.05, 0.1) is 22.3 Å². The van der Waals surface area contributed by atoms with Crippen molar-refractivity contribution in [3.8, 4) is 11.1 Å². The standard InChI is InChI=1S/C22H16F3N5OS/c1-2-16-17(18-19(26)28-11-29-20(18)32-16)12-6-8-14(9-7-12)30(21(27)31)15-5-3-4-13(10-15)22(23,24)25/h2-11H,1H2,(H2,27,31)(H2,26,28,29). The summed E-state index contributed by atoms with van der Waals surface area (Å²) < 4.78 is 39.3. The van der Waals surface area contributed by atoms with Crippen molar-refractivity contribution in [1.82, 2.24) is 9.97 Å². The van der Waals surface area contributed by atoms with E-state index in [-0.39, 0.29) is 5.69 Å². The fraction of sp³-hybridized carbons (Fsp3) is 0.0455. The number of aromatic nitrogens is 2. The van der Waals surface area contributed by atoms with Gasteiger partial charge in [0.1, 0.15) is 17.0 Å². The molecule has 0 atom stereocenters. The number of benzene rings is 2. The van der Waals surface area contributed by atoms with Crippen molar-refractivity contribution in [2.75, 3.05) is 10.6 Å². The van der Waals surface area contributed by atoms with Crippen molar-refractivity contribution in [2.24, 2.45) is 5.73 Å². The number of halogens is 3. The lowest BCUT2D eigenvalue weighted by atomic mass is 10.0. The van der Waals surface area contributed by atoms with Crippen LogP contribution in [0.15, 0.2) is 61.4 Å². The van der Waals surface area contributed by atoms with Crippen molar-refractivity contribution >= 4 is 50.9 Å². The van der Waals surface area contributed by atoms with Gasteiger partial charge in [-0.2, -0.15) is 13.2 Å². The molecule has 0 aliphatic heterocycles. The Kier molecular flexibility index (Phi) is 5.31. The van der Waals surface area contributed by atoms with Crippen LogP contribution in [0.2, 0.25) is 0 Å². The molecule has 4 N–H and O–H groups in total. The minimum atomic E-state index is -4.55. The molecule has 0 bridgehead atoms. The zero-order valence-electron chi connectivity index (χ0n) is 16.4. The van der Waals surface area contributed by atoms with Gasteiger partial charge in [-0.3, -0.25) is 4.90 Å². The fourth-order valence-corrected chi connectivity index (χ4v) is 4.43. The number of amides is 2. The minimum absolute atomic E-state index is 0.00508. The molecule has 2 aromatic heterocycles. The molecule has 6 nitrogen and oxygen atoms in total. The fourth-order valence-electron chi connectivity index (χ4n) is 3.41. The number of carbonyl (C=O) groups is 1. The lowest BCUT2D eigenvalue weighted by Gasteiger charge is -2.22. The normalized spacial score (nSPS) is 11.5. The molecule has 0 spiro atoms. The average molecular weight is 455 g/mol. The summed E-state index contributed by atoms with van der Waals surface area (Å²) in [4.78, 5) is 23.0. The third-order valence-corrected chi connectivity index (χ3v) is 5.89. The maximum absolute atomic E-state index is 13.1. The second-order valence-electron chi connectivity index (χ2n) is 6.75. The van der Waals surface area contributed by atoms with Gasteiger partial charge in [-0.1, -0.05) is 30.9 Å². The average Bonchev–Trinajstić information content (AvgIpc) is 3.14. The summed E-state index contributed by atoms with van der Waals surface area (Å²) in [6.45, 7) is 3.84. The first-order valence-electron chi connectivity index (χ1n) is 9.23. The maximum atomic E-state index is 13.1. The van der Waals surface area contributed by atoms with Gasteiger partial charge in [0.15, 0.2) is 0 Å². The van der Waals surface area contributed by atoms with Crippen LogP contribution in [0.5, 0.6) is 0 Å². The largest absolute Gasteiger partial charge is 0.416 e. The van der Waals surface area contributed by atoms with Gasteiger partial charge < -0.3 is 11.5 Å². The van der Waals surface area contributed by atoms with E-state index in [0.29, 0.717) is 21.7 Å². The first-order valence-corrected chi connectivity index (χ1v) is 10.0. The maximum Gasteiger partial charge on any atom is 0.416 e. The summed E-state index contributed by atoms with van der Waals surface area (Å²) in [5.41, 5.74) is 12.5. The summed E-state index contributed by atoms with van der Waals surface area (Å²) in [6, 6.07) is 10.1. The van der Waals surface area contributed by atoms with Crippen LogP contribution in [0.25, 0.3) is 27.4 Å². The van der Waals surface area contributed by atoms with Gasteiger partial charge in [-0.05, 0) is 35.9 Å². The van der Waals surface area contributed by atoms with Gasteiger partial charge in [-0.25, -0.2) is 14.8 Å². The molecule has 0 aliphatic carbocycles. The molecule has 10 heteroatoms. The van der Waals surface area contributed by atoms with E-state index in [9.17, 15) is 18.0 Å². The van der Waals surface area contributed by atoms with Crippen molar-refractivity contribution in [3.05, 3.63) is 71.9 Å². The van der Waals surface area contributed by atoms with Gasteiger partial charge in [0.2, 0.25) is 0 Å². The Labute approximate surface area is 184 Å². The number of nitrogens with two attached hydrogens (primary N) is 2. The molecule has 2 amide bonds. The Morgan fingerprint density at radius 2 is 1.81 bits per heavy atom. The van der Waals surface area contributed by atoms with E-state index >= 15 is 0 Å². The smallest absolute Gasteiger partial charge is 0.383 e. The number of alkyl halides is 3. The monoisotopic (exact) mass is 455 g/mol. The Morgan fingerprint density at radius 1 is 1.09 bits per heavy atom. The lowest BCUT2D eigenvalue weighted by Crippen LogP contribution is -2.31. The first-order chi connectivity index (χ1) is 15.2. The van der Waals surface area contributed by atoms with Crippen LogP contribution < -0.4 is 16.4 Å². The van der Waals surface area contributed by atoms with Crippen LogP contribution in [0.3, 0.4) is 0 Å². The van der Waals surface area contributed by atoms with Crippen LogP contribution in [0.4, 0.5) is 35.2 Å². The molecule has 162 valence electrons. The summed E-state index contributed by atoms with van der Waals surface area (Å²) in [6.07, 6.45) is -1.48. The molecule has 4 aromatic rings. The molecular formula is C22H16F3N5OS. The number of primary amides is 1. The number of fused-ring (bicyclic) bond motifs is 1. The molecule has 4 rings (SSSR count). The minimum Gasteiger partial charge on any atom is -0.383 e. The van der Waals surface area contributed by atoms with Gasteiger partial charge in [0, 0.05) is 10.4 Å². The number of rotatable bonds is 4. The van der Waals surface area contributed by atoms with Crippen molar-refractivity contribution in [2.45, 2.75) is 6.18 Å². The molecular weight excluding hydrogens is 439 g/mol. The van der Waals surface area contributed by atoms with E-state index in [1.807, 2.05) is 0 Å². The van der Waals surface area contributed by atoms with E-state index in [2.05, 4.69) is 16.5 Å². The molecule has 2 aromatic carbocycles. The first kappa shape index (κ1) is 21.3. The summed E-state index contributed by atoms with van der Waals surface area (Å²) >= 11 is 1.41. The Morgan fingerprint density at radius 3 is 2.44 bits per heavy atom. The highest BCUT2D eigenvalue weighted by Crippen LogP contribution is 2.41. The number of urea groups is 1.